The number of hydrogen-bond acceptors (Lipinski definition) is 15. The highest BCUT2D eigenvalue weighted by molar-refractivity contribution is 14.1. The predicted octanol–water partition coefficient (Wildman–Crippen LogP) is -3.45. The maximum absolute atomic E-state index is 11.6. The number of halogens is 3. The van der Waals surface area contributed by atoms with Crippen molar-refractivity contribution in [1.82, 2.24) is 28.7 Å². The monoisotopic (exact) mass is 922 g/mol. The Kier molecular flexibility index (Phi) is 14.3. The number of ether oxygens (including phenoxy) is 3. The van der Waals surface area contributed by atoms with E-state index in [1.807, 2.05) is 4.98 Å². The summed E-state index contributed by atoms with van der Waals surface area (Å²) in [5.41, 5.74) is -3.53. The average molecular weight is 924 g/mol. The summed E-state index contributed by atoms with van der Waals surface area (Å²) in [5.74, 6) is 0. The third-order valence-corrected chi connectivity index (χ3v) is 9.46. The zero-order valence-corrected chi connectivity index (χ0v) is 30.5. The zero-order valence-electron chi connectivity index (χ0n) is 26.0. The van der Waals surface area contributed by atoms with Crippen molar-refractivity contribution in [2.75, 3.05) is 19.8 Å². The van der Waals surface area contributed by atoms with Crippen LogP contribution in [0.3, 0.4) is 0 Å². The Hall–Kier alpha value is -2.82. The van der Waals surface area contributed by atoms with Crippen LogP contribution in [-0.4, -0.2) is 116 Å². The fourth-order valence-corrected chi connectivity index (χ4v) is 6.08. The van der Waals surface area contributed by atoms with Crippen molar-refractivity contribution in [3.8, 4) is 0 Å². The second kappa shape index (κ2) is 17.8. The normalized spacial score (nSPS) is 28.5. The molecule has 0 aliphatic carbocycles. The van der Waals surface area contributed by atoms with Gasteiger partial charge in [-0.05, 0) is 38.5 Å². The van der Waals surface area contributed by atoms with Gasteiger partial charge in [-0.3, -0.25) is 43.0 Å². The molecular weight excluding hydrogens is 891 g/mol. The molecule has 0 bridgehead atoms. The summed E-state index contributed by atoms with van der Waals surface area (Å²) in [6.07, 6.45) is -2.40. The molecule has 0 amide bonds. The highest BCUT2D eigenvalue weighted by Crippen LogP contribution is 2.29. The Bertz CT molecular complexity index is 1810. The number of aromatic nitrogens is 6. The number of hydrogen-bond donors (Lipinski definition) is 9. The summed E-state index contributed by atoms with van der Waals surface area (Å²) in [5, 5.41) is 55.3. The van der Waals surface area contributed by atoms with E-state index in [0.717, 1.165) is 10.8 Å². The molecule has 6 rings (SSSR count). The van der Waals surface area contributed by atoms with E-state index in [4.69, 9.17) is 41.1 Å². The molecule has 3 aliphatic rings. The van der Waals surface area contributed by atoms with Gasteiger partial charge in [-0.2, -0.15) is 0 Å². The van der Waals surface area contributed by atoms with Crippen molar-refractivity contribution in [3.63, 3.8) is 0 Å². The lowest BCUT2D eigenvalue weighted by atomic mass is 10.2. The highest BCUT2D eigenvalue weighted by Gasteiger charge is 2.37. The quantitative estimate of drug-likeness (QED) is 0.109. The second-order valence-corrected chi connectivity index (χ2v) is 13.7. The molecule has 6 heterocycles. The second-order valence-electron chi connectivity index (χ2n) is 11.3. The third kappa shape index (κ3) is 9.79. The van der Waals surface area contributed by atoms with Crippen LogP contribution >= 0.6 is 50.1 Å². The van der Waals surface area contributed by atoms with Crippen molar-refractivity contribution in [3.05, 3.63) is 94.2 Å². The maximum atomic E-state index is 11.6. The summed E-state index contributed by atoms with van der Waals surface area (Å²) < 4.78 is 19.9. The molecule has 282 valence electrons. The molecule has 0 aromatic carbocycles. The summed E-state index contributed by atoms with van der Waals surface area (Å²) in [6, 6.07) is 0. The summed E-state index contributed by atoms with van der Waals surface area (Å²) >= 11 is 10.4. The molecule has 0 unspecified atom stereocenters. The van der Waals surface area contributed by atoms with Crippen molar-refractivity contribution in [1.29, 1.82) is 0 Å². The summed E-state index contributed by atoms with van der Waals surface area (Å²) in [7, 11) is 0. The minimum atomic E-state index is -0.859. The molecule has 51 heavy (non-hydrogen) atoms. The Morgan fingerprint density at radius 1 is 0.647 bits per heavy atom. The van der Waals surface area contributed by atoms with E-state index >= 15 is 0 Å². The first-order chi connectivity index (χ1) is 24.1. The number of aromatic amines is 3. The Morgan fingerprint density at radius 3 is 1.39 bits per heavy atom. The number of aliphatic hydroxyl groups excluding tert-OH is 6. The van der Waals surface area contributed by atoms with Crippen molar-refractivity contribution in [2.45, 2.75) is 74.6 Å². The number of nitrogens with zero attached hydrogens (tertiary/aromatic N) is 3. The highest BCUT2D eigenvalue weighted by atomic mass is 127. The minimum Gasteiger partial charge on any atom is -0.394 e. The molecular formula is C27H33BrClIN6O15. The van der Waals surface area contributed by atoms with Gasteiger partial charge in [0, 0.05) is 37.9 Å². The smallest absolute Gasteiger partial charge is 0.330 e. The van der Waals surface area contributed by atoms with Gasteiger partial charge in [-0.25, -0.2) is 14.4 Å². The lowest BCUT2D eigenvalue weighted by molar-refractivity contribution is -0.0459. The van der Waals surface area contributed by atoms with Crippen LogP contribution in [0.2, 0.25) is 5.02 Å². The maximum Gasteiger partial charge on any atom is 0.330 e. The zero-order chi connectivity index (χ0) is 37.7. The molecule has 9 N–H and O–H groups in total. The van der Waals surface area contributed by atoms with Crippen LogP contribution in [0.4, 0.5) is 0 Å². The van der Waals surface area contributed by atoms with Crippen molar-refractivity contribution >= 4 is 50.1 Å². The van der Waals surface area contributed by atoms with Gasteiger partial charge in [0.1, 0.15) is 42.0 Å². The van der Waals surface area contributed by atoms with Crippen LogP contribution in [0.1, 0.15) is 37.9 Å². The van der Waals surface area contributed by atoms with E-state index in [9.17, 15) is 44.1 Å². The first kappa shape index (κ1) is 40.9. The predicted molar refractivity (Wildman–Crippen MR) is 184 cm³/mol. The first-order valence-electron chi connectivity index (χ1n) is 14.9. The minimum absolute atomic E-state index is 0.143. The molecule has 0 spiro atoms. The van der Waals surface area contributed by atoms with Gasteiger partial charge in [0.05, 0.1) is 46.2 Å². The standard InChI is InChI=1S/C9H11BrN2O5.C9H11ClN2O5.C9H11IN2O5/c3*10-4-2-12(9(16)11-8(4)15)7-1-5(14)6(3-13)17-7/h3*2,5-7,13-14H,1,3H2,(H,11,15,16)/t3*5-,6+,7+/m000/s1. The van der Waals surface area contributed by atoms with Crippen LogP contribution in [0.5, 0.6) is 0 Å². The van der Waals surface area contributed by atoms with Crippen molar-refractivity contribution < 1.29 is 44.8 Å². The number of H-pyrrole nitrogens is 3. The molecule has 0 saturated carbocycles. The van der Waals surface area contributed by atoms with E-state index in [2.05, 4.69) is 25.9 Å². The van der Waals surface area contributed by atoms with E-state index in [1.54, 1.807) is 22.6 Å². The largest absolute Gasteiger partial charge is 0.394 e. The average Bonchev–Trinajstić information content (AvgIpc) is 3.77. The molecule has 3 aromatic heterocycles. The summed E-state index contributed by atoms with van der Waals surface area (Å²) in [4.78, 5) is 74.3. The van der Waals surface area contributed by atoms with Crippen LogP contribution in [0.15, 0.2) is 51.8 Å². The van der Waals surface area contributed by atoms with Gasteiger partial charge >= 0.3 is 17.1 Å². The van der Waals surface area contributed by atoms with Gasteiger partial charge in [0.15, 0.2) is 0 Å². The molecule has 3 aliphatic heterocycles. The van der Waals surface area contributed by atoms with E-state index < -0.39 is 89.1 Å². The van der Waals surface area contributed by atoms with E-state index in [-0.39, 0.29) is 48.6 Å². The fraction of sp³-hybridized carbons (Fsp3) is 0.556. The van der Waals surface area contributed by atoms with Crippen molar-refractivity contribution in [2.24, 2.45) is 0 Å². The van der Waals surface area contributed by atoms with Gasteiger partial charge in [-0.15, -0.1) is 0 Å². The van der Waals surface area contributed by atoms with Gasteiger partial charge in [0.25, 0.3) is 16.7 Å². The first-order valence-corrected chi connectivity index (χ1v) is 17.2. The van der Waals surface area contributed by atoms with Gasteiger partial charge in [0.2, 0.25) is 0 Å². The molecule has 3 aromatic rings. The van der Waals surface area contributed by atoms with Gasteiger partial charge in [-0.1, -0.05) is 11.6 Å². The van der Waals surface area contributed by atoms with Crippen LogP contribution in [-0.2, 0) is 14.2 Å². The Labute approximate surface area is 310 Å². The number of aliphatic hydroxyl groups is 6. The molecule has 0 radical (unpaired) electrons. The number of nitrogens with one attached hydrogen (secondary N) is 3. The van der Waals surface area contributed by atoms with Crippen LogP contribution in [0.25, 0.3) is 0 Å². The lowest BCUT2D eigenvalue weighted by Crippen LogP contribution is -2.33. The molecule has 21 nitrogen and oxygen atoms in total. The topological polar surface area (TPSA) is 314 Å². The molecule has 3 saturated heterocycles. The van der Waals surface area contributed by atoms with Gasteiger partial charge < -0.3 is 44.8 Å². The molecule has 9 atom stereocenters. The third-order valence-electron chi connectivity index (χ3n) is 7.86. The van der Waals surface area contributed by atoms with E-state index in [0.29, 0.717) is 3.57 Å². The van der Waals surface area contributed by atoms with E-state index in [1.165, 1.54) is 21.5 Å². The number of rotatable bonds is 6. The lowest BCUT2D eigenvalue weighted by Gasteiger charge is -2.14. The molecule has 24 heteroatoms. The summed E-state index contributed by atoms with van der Waals surface area (Å²) in [6.45, 7) is -0.979. The Morgan fingerprint density at radius 2 is 1.00 bits per heavy atom. The SMILES string of the molecule is O=c1[nH]c(=O)n([C@H]2C[C@H](O)[C@@H](CO)O2)cc1Br.O=c1[nH]c(=O)n([C@H]2C[C@H](O)[C@@H](CO)O2)cc1Cl.O=c1[nH]c(=O)n([C@H]2C[C@H](O)[C@@H](CO)O2)cc1I. The Balaban J connectivity index is 0.000000172. The fourth-order valence-electron chi connectivity index (χ4n) is 5.17. The molecule has 3 fully saturated rings. The van der Waals surface area contributed by atoms with Crippen LogP contribution < -0.4 is 33.7 Å². The van der Waals surface area contributed by atoms with Crippen LogP contribution in [0, 0.1) is 3.57 Å².